The monoisotopic (exact) mass is 380 g/mol. The summed E-state index contributed by atoms with van der Waals surface area (Å²) in [5, 5.41) is 0. The van der Waals surface area contributed by atoms with Crippen molar-refractivity contribution in [3.8, 4) is 0 Å². The van der Waals surface area contributed by atoms with Crippen molar-refractivity contribution in [1.29, 1.82) is 0 Å². The summed E-state index contributed by atoms with van der Waals surface area (Å²) in [5.74, 6) is -1.01. The molecule has 1 amide bonds. The third-order valence-corrected chi connectivity index (χ3v) is 6.05. The fourth-order valence-electron chi connectivity index (χ4n) is 4.61. The van der Waals surface area contributed by atoms with E-state index >= 15 is 0 Å². The number of nitrogens with zero attached hydrogens (tertiary/aromatic N) is 2. The van der Waals surface area contributed by atoms with E-state index in [1.54, 1.807) is 35.2 Å². The van der Waals surface area contributed by atoms with Crippen molar-refractivity contribution in [2.45, 2.75) is 25.8 Å². The number of benzene rings is 2. The van der Waals surface area contributed by atoms with Gasteiger partial charge in [0.15, 0.2) is 0 Å². The molecule has 0 saturated carbocycles. The van der Waals surface area contributed by atoms with Gasteiger partial charge in [0.1, 0.15) is 5.82 Å². The molecule has 2 saturated heterocycles. The first-order valence-electron chi connectivity index (χ1n) is 9.91. The molecule has 2 aliphatic rings. The number of halogens is 1. The minimum atomic E-state index is -0.434. The maximum absolute atomic E-state index is 14.0. The van der Waals surface area contributed by atoms with Gasteiger partial charge in [-0.25, -0.2) is 4.39 Å². The highest BCUT2D eigenvalue weighted by Gasteiger charge is 2.43. The molecule has 2 heterocycles. The molecule has 2 aromatic rings. The van der Waals surface area contributed by atoms with Gasteiger partial charge in [-0.05, 0) is 31.9 Å². The van der Waals surface area contributed by atoms with Gasteiger partial charge in [-0.2, -0.15) is 0 Å². The molecular weight excluding hydrogens is 355 g/mol. The molecule has 0 N–H and O–H groups in total. The molecule has 0 aliphatic carbocycles. The Morgan fingerprint density at radius 3 is 2.46 bits per heavy atom. The summed E-state index contributed by atoms with van der Waals surface area (Å²) in [6.07, 6.45) is 2.97. The van der Waals surface area contributed by atoms with Crippen molar-refractivity contribution in [1.82, 2.24) is 9.80 Å². The van der Waals surface area contributed by atoms with Crippen LogP contribution in [-0.4, -0.2) is 47.7 Å². The predicted octanol–water partition coefficient (Wildman–Crippen LogP) is 3.52. The zero-order valence-electron chi connectivity index (χ0n) is 15.9. The second-order valence-corrected chi connectivity index (χ2v) is 8.08. The lowest BCUT2D eigenvalue weighted by atomic mass is 9.79. The molecule has 146 valence electrons. The molecule has 1 spiro atoms. The van der Waals surface area contributed by atoms with E-state index < -0.39 is 11.7 Å². The number of rotatable bonds is 4. The first-order valence-corrected chi connectivity index (χ1v) is 9.91. The first-order chi connectivity index (χ1) is 13.6. The average molecular weight is 380 g/mol. The van der Waals surface area contributed by atoms with Crippen LogP contribution >= 0.6 is 0 Å². The largest absolute Gasteiger partial charge is 0.335 e. The Kier molecular flexibility index (Phi) is 5.27. The van der Waals surface area contributed by atoms with Crippen molar-refractivity contribution in [3.63, 3.8) is 0 Å². The quantitative estimate of drug-likeness (QED) is 0.602. The van der Waals surface area contributed by atoms with Crippen LogP contribution in [0.2, 0.25) is 0 Å². The van der Waals surface area contributed by atoms with Crippen LogP contribution in [-0.2, 0) is 11.3 Å². The van der Waals surface area contributed by atoms with E-state index in [1.165, 1.54) is 6.07 Å². The number of amides is 1. The number of piperidine rings is 1. The van der Waals surface area contributed by atoms with Gasteiger partial charge in [0.2, 0.25) is 5.78 Å². The van der Waals surface area contributed by atoms with Crippen LogP contribution in [0.3, 0.4) is 0 Å². The van der Waals surface area contributed by atoms with Crippen LogP contribution in [0.4, 0.5) is 4.39 Å². The molecule has 0 unspecified atom stereocenters. The lowest BCUT2D eigenvalue weighted by molar-refractivity contribution is -0.126. The van der Waals surface area contributed by atoms with Gasteiger partial charge in [0.05, 0.1) is 0 Å². The Morgan fingerprint density at radius 2 is 1.68 bits per heavy atom. The Morgan fingerprint density at radius 1 is 0.929 bits per heavy atom. The third-order valence-electron chi connectivity index (χ3n) is 6.05. The van der Waals surface area contributed by atoms with Gasteiger partial charge < -0.3 is 4.90 Å². The highest BCUT2D eigenvalue weighted by molar-refractivity contribution is 6.42. The minimum Gasteiger partial charge on any atom is -0.335 e. The van der Waals surface area contributed by atoms with Gasteiger partial charge in [-0.15, -0.1) is 0 Å². The zero-order valence-corrected chi connectivity index (χ0v) is 15.9. The number of carbonyl (C=O) groups excluding carboxylic acids is 2. The molecule has 0 radical (unpaired) electrons. The first kappa shape index (κ1) is 18.8. The van der Waals surface area contributed by atoms with Crippen LogP contribution in [0.5, 0.6) is 0 Å². The van der Waals surface area contributed by atoms with E-state index in [0.29, 0.717) is 30.8 Å². The summed E-state index contributed by atoms with van der Waals surface area (Å²) in [4.78, 5) is 29.2. The topological polar surface area (TPSA) is 40.6 Å². The molecule has 4 rings (SSSR count). The van der Waals surface area contributed by atoms with Gasteiger partial charge in [0.25, 0.3) is 5.91 Å². The standard InChI is InChI=1S/C23H25FN2O2/c24-20-10-5-4-9-19(20)15-25-13-6-11-23(16-25)12-14-26(17-23)22(28)21(27)18-7-2-1-3-8-18/h1-5,7-10H,6,11-17H2/t23-/m1/s1. The molecular formula is C23H25FN2O2. The van der Waals surface area contributed by atoms with Crippen molar-refractivity contribution in [2.75, 3.05) is 26.2 Å². The fraction of sp³-hybridized carbons (Fsp3) is 0.391. The number of hydrogen-bond donors (Lipinski definition) is 0. The second kappa shape index (κ2) is 7.84. The highest BCUT2D eigenvalue weighted by atomic mass is 19.1. The summed E-state index contributed by atoms with van der Waals surface area (Å²) in [6.45, 7) is 3.59. The molecule has 0 aromatic heterocycles. The van der Waals surface area contributed by atoms with Gasteiger partial charge in [-0.1, -0.05) is 48.5 Å². The van der Waals surface area contributed by atoms with Gasteiger partial charge >= 0.3 is 0 Å². The van der Waals surface area contributed by atoms with E-state index in [0.717, 1.165) is 32.4 Å². The smallest absolute Gasteiger partial charge is 0.294 e. The number of ketones is 1. The Bertz CT molecular complexity index is 870. The van der Waals surface area contributed by atoms with Gasteiger partial charge in [-0.3, -0.25) is 14.5 Å². The van der Waals surface area contributed by atoms with Crippen LogP contribution in [0, 0.1) is 11.2 Å². The predicted molar refractivity (Wildman–Crippen MR) is 105 cm³/mol. The maximum atomic E-state index is 14.0. The summed E-state index contributed by atoms with van der Waals surface area (Å²) < 4.78 is 14.0. The van der Waals surface area contributed by atoms with E-state index in [2.05, 4.69) is 4.90 Å². The summed E-state index contributed by atoms with van der Waals surface area (Å²) in [6, 6.07) is 15.6. The SMILES string of the molecule is O=C(C(=O)N1CC[C@@]2(CCCN(Cc3ccccc3F)C2)C1)c1ccccc1. The van der Waals surface area contributed by atoms with Crippen molar-refractivity contribution in [2.24, 2.45) is 5.41 Å². The molecule has 28 heavy (non-hydrogen) atoms. The van der Waals surface area contributed by atoms with Crippen molar-refractivity contribution < 1.29 is 14.0 Å². The molecule has 1 atom stereocenters. The third kappa shape index (κ3) is 3.85. The van der Waals surface area contributed by atoms with Crippen LogP contribution in [0.15, 0.2) is 54.6 Å². The number of hydrogen-bond acceptors (Lipinski definition) is 3. The number of carbonyl (C=O) groups is 2. The van der Waals surface area contributed by atoms with E-state index in [-0.39, 0.29) is 11.2 Å². The number of likely N-dealkylation sites (tertiary alicyclic amines) is 2. The summed E-state index contributed by atoms with van der Waals surface area (Å²) >= 11 is 0. The van der Waals surface area contributed by atoms with Crippen LogP contribution < -0.4 is 0 Å². The lowest BCUT2D eigenvalue weighted by Gasteiger charge is -2.40. The van der Waals surface area contributed by atoms with Crippen LogP contribution in [0.1, 0.15) is 35.2 Å². The molecule has 0 bridgehead atoms. The minimum absolute atomic E-state index is 0.0101. The molecule has 2 aliphatic heterocycles. The zero-order chi connectivity index (χ0) is 19.6. The van der Waals surface area contributed by atoms with E-state index in [9.17, 15) is 14.0 Å². The molecule has 2 fully saturated rings. The maximum Gasteiger partial charge on any atom is 0.294 e. The Balaban J connectivity index is 1.41. The number of Topliss-reactive ketones (excluding diaryl/α,β-unsaturated/α-hetero) is 1. The molecule has 2 aromatic carbocycles. The van der Waals surface area contributed by atoms with Crippen molar-refractivity contribution >= 4 is 11.7 Å². The second-order valence-electron chi connectivity index (χ2n) is 8.08. The average Bonchev–Trinajstić information content (AvgIpc) is 3.12. The lowest BCUT2D eigenvalue weighted by Crippen LogP contribution is -2.45. The summed E-state index contributed by atoms with van der Waals surface area (Å²) in [7, 11) is 0. The molecule has 5 heteroatoms. The highest BCUT2D eigenvalue weighted by Crippen LogP contribution is 2.39. The Labute approximate surface area is 164 Å². The Hall–Kier alpha value is -2.53. The molecule has 4 nitrogen and oxygen atoms in total. The fourth-order valence-corrected chi connectivity index (χ4v) is 4.61. The normalized spacial score (nSPS) is 22.5. The van der Waals surface area contributed by atoms with Crippen LogP contribution in [0.25, 0.3) is 0 Å². The summed E-state index contributed by atoms with van der Waals surface area (Å²) in [5.41, 5.74) is 1.17. The van der Waals surface area contributed by atoms with Crippen molar-refractivity contribution in [3.05, 3.63) is 71.5 Å². The van der Waals surface area contributed by atoms with E-state index in [4.69, 9.17) is 0 Å². The van der Waals surface area contributed by atoms with Gasteiger partial charge in [0, 0.05) is 42.7 Å². The van der Waals surface area contributed by atoms with E-state index in [1.807, 2.05) is 18.2 Å².